The maximum absolute atomic E-state index is 12.3. The third-order valence-corrected chi connectivity index (χ3v) is 5.03. The van der Waals surface area contributed by atoms with E-state index in [0.29, 0.717) is 12.1 Å². The number of halogens is 1. The molecule has 0 spiro atoms. The number of carbonyl (C=O) groups is 1. The molecule has 0 bridgehead atoms. The predicted octanol–water partition coefficient (Wildman–Crippen LogP) is 3.98. The van der Waals surface area contributed by atoms with Gasteiger partial charge in [0.05, 0.1) is 23.1 Å². The molecule has 3 rings (SSSR count). The number of rotatable bonds is 5. The number of aromatic nitrogens is 2. The molecule has 0 atom stereocenters. The van der Waals surface area contributed by atoms with Crippen molar-refractivity contribution < 1.29 is 4.79 Å². The van der Waals surface area contributed by atoms with Crippen LogP contribution in [0.5, 0.6) is 0 Å². The molecule has 0 fully saturated rings. The predicted molar refractivity (Wildman–Crippen MR) is 96.4 cm³/mol. The van der Waals surface area contributed by atoms with E-state index < -0.39 is 0 Å². The molecule has 23 heavy (non-hydrogen) atoms. The van der Waals surface area contributed by atoms with Crippen molar-refractivity contribution in [2.45, 2.75) is 13.3 Å². The van der Waals surface area contributed by atoms with Crippen LogP contribution in [0, 0.1) is 6.92 Å². The summed E-state index contributed by atoms with van der Waals surface area (Å²) in [5.74, 6) is -0.0811. The molecule has 118 valence electrons. The van der Waals surface area contributed by atoms with E-state index >= 15 is 0 Å². The molecule has 2 aromatic heterocycles. The first-order valence-electron chi connectivity index (χ1n) is 7.26. The standard InChI is InChI=1S/C17H16BrN3OS/c1-12-16(17(22)19-9-8-15-3-2-10-23-15)11-20-21(12)14-6-4-13(18)5-7-14/h2-7,10-11H,8-9H2,1H3,(H,19,22). The van der Waals surface area contributed by atoms with Gasteiger partial charge >= 0.3 is 0 Å². The fourth-order valence-corrected chi connectivity index (χ4v) is 3.30. The number of hydrogen-bond acceptors (Lipinski definition) is 3. The van der Waals surface area contributed by atoms with Gasteiger partial charge < -0.3 is 5.32 Å². The van der Waals surface area contributed by atoms with Crippen LogP contribution in [0.4, 0.5) is 0 Å². The summed E-state index contributed by atoms with van der Waals surface area (Å²) in [6.45, 7) is 2.53. The van der Waals surface area contributed by atoms with Gasteiger partial charge in [0.25, 0.3) is 5.91 Å². The zero-order valence-electron chi connectivity index (χ0n) is 12.6. The van der Waals surface area contributed by atoms with E-state index in [-0.39, 0.29) is 5.91 Å². The molecule has 4 nitrogen and oxygen atoms in total. The maximum atomic E-state index is 12.3. The Morgan fingerprint density at radius 2 is 2.09 bits per heavy atom. The zero-order chi connectivity index (χ0) is 16.2. The van der Waals surface area contributed by atoms with Crippen molar-refractivity contribution in [1.82, 2.24) is 15.1 Å². The molecule has 0 aliphatic rings. The van der Waals surface area contributed by atoms with Crippen LogP contribution in [0.15, 0.2) is 52.4 Å². The molecule has 0 unspecified atom stereocenters. The monoisotopic (exact) mass is 389 g/mol. The Hall–Kier alpha value is -1.92. The first kappa shape index (κ1) is 16.0. The molecule has 1 aromatic carbocycles. The topological polar surface area (TPSA) is 46.9 Å². The van der Waals surface area contributed by atoms with Gasteiger partial charge in [0.1, 0.15) is 0 Å². The van der Waals surface area contributed by atoms with E-state index in [1.807, 2.05) is 42.6 Å². The van der Waals surface area contributed by atoms with Crippen LogP contribution < -0.4 is 5.32 Å². The van der Waals surface area contributed by atoms with Gasteiger partial charge in [0.15, 0.2) is 0 Å². The second-order valence-corrected chi connectivity index (χ2v) is 7.07. The van der Waals surface area contributed by atoms with Crippen LogP contribution in [0.25, 0.3) is 5.69 Å². The second kappa shape index (κ2) is 7.10. The number of amides is 1. The highest BCUT2D eigenvalue weighted by molar-refractivity contribution is 9.10. The highest BCUT2D eigenvalue weighted by atomic mass is 79.9. The Bertz CT molecular complexity index is 794. The number of thiophene rings is 1. The van der Waals surface area contributed by atoms with Gasteiger partial charge in [-0.15, -0.1) is 11.3 Å². The summed E-state index contributed by atoms with van der Waals surface area (Å²) < 4.78 is 2.79. The van der Waals surface area contributed by atoms with Crippen molar-refractivity contribution in [2.75, 3.05) is 6.54 Å². The van der Waals surface area contributed by atoms with Crippen LogP contribution >= 0.6 is 27.3 Å². The van der Waals surface area contributed by atoms with Crippen LogP contribution in [-0.2, 0) is 6.42 Å². The van der Waals surface area contributed by atoms with E-state index in [9.17, 15) is 4.79 Å². The largest absolute Gasteiger partial charge is 0.352 e. The molecular formula is C17H16BrN3OS. The van der Waals surface area contributed by atoms with Gasteiger partial charge in [0.2, 0.25) is 0 Å². The highest BCUT2D eigenvalue weighted by Gasteiger charge is 2.14. The van der Waals surface area contributed by atoms with E-state index in [4.69, 9.17) is 0 Å². The Kier molecular flexibility index (Phi) is 4.93. The maximum Gasteiger partial charge on any atom is 0.254 e. The lowest BCUT2D eigenvalue weighted by Crippen LogP contribution is -2.25. The van der Waals surface area contributed by atoms with Gasteiger partial charge in [-0.1, -0.05) is 22.0 Å². The van der Waals surface area contributed by atoms with E-state index in [0.717, 1.165) is 22.3 Å². The van der Waals surface area contributed by atoms with Crippen molar-refractivity contribution in [3.8, 4) is 5.69 Å². The average Bonchev–Trinajstić information content (AvgIpc) is 3.18. The molecule has 0 aliphatic carbocycles. The Morgan fingerprint density at radius 1 is 1.30 bits per heavy atom. The Morgan fingerprint density at radius 3 is 2.78 bits per heavy atom. The van der Waals surface area contributed by atoms with Crippen LogP contribution in [-0.4, -0.2) is 22.2 Å². The molecule has 3 aromatic rings. The summed E-state index contributed by atoms with van der Waals surface area (Å²) in [6, 6.07) is 11.9. The minimum absolute atomic E-state index is 0.0811. The molecule has 0 radical (unpaired) electrons. The fraction of sp³-hybridized carbons (Fsp3) is 0.176. The number of nitrogens with zero attached hydrogens (tertiary/aromatic N) is 2. The quantitative estimate of drug-likeness (QED) is 0.717. The SMILES string of the molecule is Cc1c(C(=O)NCCc2cccs2)cnn1-c1ccc(Br)cc1. The summed E-state index contributed by atoms with van der Waals surface area (Å²) >= 11 is 5.12. The zero-order valence-corrected chi connectivity index (χ0v) is 15.0. The third-order valence-electron chi connectivity index (χ3n) is 3.56. The van der Waals surface area contributed by atoms with Crippen LogP contribution in [0.3, 0.4) is 0 Å². The van der Waals surface area contributed by atoms with Crippen molar-refractivity contribution in [3.63, 3.8) is 0 Å². The second-order valence-electron chi connectivity index (χ2n) is 5.12. The lowest BCUT2D eigenvalue weighted by molar-refractivity contribution is 0.0953. The molecule has 6 heteroatoms. The molecule has 0 aliphatic heterocycles. The lowest BCUT2D eigenvalue weighted by Gasteiger charge is -2.06. The molecular weight excluding hydrogens is 374 g/mol. The smallest absolute Gasteiger partial charge is 0.254 e. The first-order chi connectivity index (χ1) is 11.1. The normalized spacial score (nSPS) is 10.7. The van der Waals surface area contributed by atoms with Gasteiger partial charge in [0, 0.05) is 15.9 Å². The summed E-state index contributed by atoms with van der Waals surface area (Å²) in [4.78, 5) is 13.6. The van der Waals surface area contributed by atoms with Crippen LogP contribution in [0.2, 0.25) is 0 Å². The van der Waals surface area contributed by atoms with Gasteiger partial charge in [-0.05, 0) is 49.1 Å². The lowest BCUT2D eigenvalue weighted by atomic mass is 10.2. The number of hydrogen-bond donors (Lipinski definition) is 1. The molecule has 1 amide bonds. The summed E-state index contributed by atoms with van der Waals surface area (Å²) in [7, 11) is 0. The van der Waals surface area contributed by atoms with E-state index in [1.54, 1.807) is 22.2 Å². The van der Waals surface area contributed by atoms with Crippen molar-refractivity contribution in [2.24, 2.45) is 0 Å². The number of benzene rings is 1. The first-order valence-corrected chi connectivity index (χ1v) is 8.93. The van der Waals surface area contributed by atoms with E-state index in [2.05, 4.69) is 32.4 Å². The van der Waals surface area contributed by atoms with Crippen molar-refractivity contribution >= 4 is 33.2 Å². The summed E-state index contributed by atoms with van der Waals surface area (Å²) in [6.07, 6.45) is 2.47. The Labute approximate surface area is 147 Å². The Balaban J connectivity index is 1.68. The molecule has 1 N–H and O–H groups in total. The van der Waals surface area contributed by atoms with Crippen LogP contribution in [0.1, 0.15) is 20.9 Å². The van der Waals surface area contributed by atoms with Crippen molar-refractivity contribution in [3.05, 3.63) is 68.6 Å². The highest BCUT2D eigenvalue weighted by Crippen LogP contribution is 2.17. The van der Waals surface area contributed by atoms with Crippen molar-refractivity contribution in [1.29, 1.82) is 0 Å². The summed E-state index contributed by atoms with van der Waals surface area (Å²) in [5, 5.41) is 9.34. The average molecular weight is 390 g/mol. The third kappa shape index (κ3) is 3.71. The minimum atomic E-state index is -0.0811. The van der Waals surface area contributed by atoms with E-state index in [1.165, 1.54) is 4.88 Å². The molecule has 0 saturated heterocycles. The summed E-state index contributed by atoms with van der Waals surface area (Å²) in [5.41, 5.74) is 2.38. The fourth-order valence-electron chi connectivity index (χ4n) is 2.32. The number of nitrogens with one attached hydrogen (secondary N) is 1. The molecule has 2 heterocycles. The van der Waals surface area contributed by atoms with Gasteiger partial charge in [-0.25, -0.2) is 4.68 Å². The number of carbonyl (C=O) groups excluding carboxylic acids is 1. The van der Waals surface area contributed by atoms with Gasteiger partial charge in [-0.3, -0.25) is 4.79 Å². The molecule has 0 saturated carbocycles. The van der Waals surface area contributed by atoms with Gasteiger partial charge in [-0.2, -0.15) is 5.10 Å². The minimum Gasteiger partial charge on any atom is -0.352 e.